The average molecular weight is 364 g/mol. The number of aromatic nitrogens is 1. The standard InChI is InChI=1S/C22H24N2O3/c25-21-5-2-12-24(21)18-8-9-19-15(3-1-4-16(19)13-18)6-7-17-14-23-11-10-20(17)22(26)27/h8-11,13-15H,1-7,12H2,(H,26,27). The Kier molecular flexibility index (Phi) is 4.92. The summed E-state index contributed by atoms with van der Waals surface area (Å²) in [5, 5.41) is 9.36. The molecular formula is C22H24N2O3. The number of hydrogen-bond acceptors (Lipinski definition) is 3. The number of aryl methyl sites for hydroxylation is 2. The average Bonchev–Trinajstić information content (AvgIpc) is 3.12. The lowest BCUT2D eigenvalue weighted by molar-refractivity contribution is -0.117. The van der Waals surface area contributed by atoms with Crippen LogP contribution in [0.5, 0.6) is 0 Å². The van der Waals surface area contributed by atoms with Crippen LogP contribution in [0.2, 0.25) is 0 Å². The van der Waals surface area contributed by atoms with E-state index in [4.69, 9.17) is 0 Å². The molecule has 1 fully saturated rings. The summed E-state index contributed by atoms with van der Waals surface area (Å²) in [4.78, 5) is 29.4. The Bertz CT molecular complexity index is 878. The van der Waals surface area contributed by atoms with E-state index in [0.29, 0.717) is 24.3 Å². The van der Waals surface area contributed by atoms with Crippen LogP contribution in [-0.2, 0) is 17.6 Å². The van der Waals surface area contributed by atoms with E-state index in [-0.39, 0.29) is 5.91 Å². The molecule has 0 spiro atoms. The predicted octanol–water partition coefficient (Wildman–Crippen LogP) is 3.96. The van der Waals surface area contributed by atoms with Crippen molar-refractivity contribution in [3.63, 3.8) is 0 Å². The lowest BCUT2D eigenvalue weighted by Crippen LogP contribution is -2.24. The minimum atomic E-state index is -0.892. The molecule has 1 aliphatic heterocycles. The van der Waals surface area contributed by atoms with Gasteiger partial charge in [-0.15, -0.1) is 0 Å². The zero-order valence-electron chi connectivity index (χ0n) is 15.4. The number of amides is 1. The Balaban J connectivity index is 1.52. The maximum absolute atomic E-state index is 12.0. The molecule has 27 heavy (non-hydrogen) atoms. The summed E-state index contributed by atoms with van der Waals surface area (Å²) in [6.45, 7) is 0.819. The smallest absolute Gasteiger partial charge is 0.336 e. The second-order valence-electron chi connectivity index (χ2n) is 7.50. The van der Waals surface area contributed by atoms with Gasteiger partial charge in [0, 0.05) is 31.0 Å². The number of carboxylic acids is 1. The van der Waals surface area contributed by atoms with Crippen molar-refractivity contribution in [1.82, 2.24) is 4.98 Å². The van der Waals surface area contributed by atoms with Gasteiger partial charge in [0.25, 0.3) is 0 Å². The second-order valence-corrected chi connectivity index (χ2v) is 7.50. The van der Waals surface area contributed by atoms with Crippen molar-refractivity contribution in [3.8, 4) is 0 Å². The molecule has 1 aromatic carbocycles. The van der Waals surface area contributed by atoms with Gasteiger partial charge in [-0.25, -0.2) is 4.79 Å². The molecule has 1 N–H and O–H groups in total. The van der Waals surface area contributed by atoms with Crippen LogP contribution in [-0.4, -0.2) is 28.5 Å². The first-order valence-electron chi connectivity index (χ1n) is 9.73. The van der Waals surface area contributed by atoms with E-state index in [0.717, 1.165) is 49.9 Å². The third kappa shape index (κ3) is 3.59. The number of nitrogens with zero attached hydrogens (tertiary/aromatic N) is 2. The summed E-state index contributed by atoms with van der Waals surface area (Å²) < 4.78 is 0. The van der Waals surface area contributed by atoms with Crippen LogP contribution >= 0.6 is 0 Å². The Morgan fingerprint density at radius 2 is 2.11 bits per heavy atom. The van der Waals surface area contributed by atoms with Gasteiger partial charge < -0.3 is 10.0 Å². The summed E-state index contributed by atoms with van der Waals surface area (Å²) in [5.41, 5.74) is 4.88. The fourth-order valence-corrected chi connectivity index (χ4v) is 4.45. The number of pyridine rings is 1. The second kappa shape index (κ2) is 7.51. The van der Waals surface area contributed by atoms with Crippen LogP contribution < -0.4 is 4.90 Å². The Morgan fingerprint density at radius 3 is 2.89 bits per heavy atom. The molecule has 5 nitrogen and oxygen atoms in total. The number of carbonyl (C=O) groups excluding carboxylic acids is 1. The lowest BCUT2D eigenvalue weighted by atomic mass is 9.79. The Morgan fingerprint density at radius 1 is 1.22 bits per heavy atom. The van der Waals surface area contributed by atoms with Crippen LogP contribution in [0.15, 0.2) is 36.7 Å². The zero-order chi connectivity index (χ0) is 18.8. The molecule has 1 unspecified atom stereocenters. The van der Waals surface area contributed by atoms with E-state index in [1.54, 1.807) is 12.3 Å². The van der Waals surface area contributed by atoms with Gasteiger partial charge in [-0.2, -0.15) is 0 Å². The normalized spacial score (nSPS) is 19.2. The molecule has 5 heteroatoms. The highest BCUT2D eigenvalue weighted by Gasteiger charge is 2.25. The summed E-state index contributed by atoms with van der Waals surface area (Å²) in [5.74, 6) is -0.240. The van der Waals surface area contributed by atoms with Crippen LogP contribution in [0.1, 0.15) is 65.1 Å². The van der Waals surface area contributed by atoms with Gasteiger partial charge in [0.05, 0.1) is 5.56 Å². The molecule has 0 saturated carbocycles. The molecule has 140 valence electrons. The quantitative estimate of drug-likeness (QED) is 0.872. The molecule has 1 amide bonds. The third-order valence-electron chi connectivity index (χ3n) is 5.85. The lowest BCUT2D eigenvalue weighted by Gasteiger charge is -2.27. The van der Waals surface area contributed by atoms with Crippen molar-refractivity contribution in [1.29, 1.82) is 0 Å². The molecule has 1 atom stereocenters. The molecule has 2 aromatic rings. The Hall–Kier alpha value is -2.69. The van der Waals surface area contributed by atoms with Gasteiger partial charge in [-0.05, 0) is 79.3 Å². The van der Waals surface area contributed by atoms with Crippen LogP contribution in [0.4, 0.5) is 5.69 Å². The topological polar surface area (TPSA) is 70.5 Å². The minimum Gasteiger partial charge on any atom is -0.478 e. The number of hydrogen-bond donors (Lipinski definition) is 1. The number of anilines is 1. The van der Waals surface area contributed by atoms with Crippen LogP contribution in [0.25, 0.3) is 0 Å². The fourth-order valence-electron chi connectivity index (χ4n) is 4.45. The van der Waals surface area contributed by atoms with Crippen molar-refractivity contribution >= 4 is 17.6 Å². The summed E-state index contributed by atoms with van der Waals surface area (Å²) in [6, 6.07) is 8.03. The summed E-state index contributed by atoms with van der Waals surface area (Å²) in [7, 11) is 0. The van der Waals surface area contributed by atoms with Crippen LogP contribution in [0.3, 0.4) is 0 Å². The van der Waals surface area contributed by atoms with E-state index in [9.17, 15) is 14.7 Å². The molecule has 2 aliphatic rings. The Labute approximate surface area is 159 Å². The molecule has 1 saturated heterocycles. The van der Waals surface area contributed by atoms with Gasteiger partial charge in [-0.3, -0.25) is 9.78 Å². The number of carbonyl (C=O) groups is 2. The van der Waals surface area contributed by atoms with Crippen molar-refractivity contribution in [3.05, 3.63) is 58.9 Å². The first-order chi connectivity index (χ1) is 13.1. The van der Waals surface area contributed by atoms with Gasteiger partial charge >= 0.3 is 5.97 Å². The minimum absolute atomic E-state index is 0.222. The van der Waals surface area contributed by atoms with E-state index in [1.165, 1.54) is 17.3 Å². The predicted molar refractivity (Wildman–Crippen MR) is 103 cm³/mol. The fraction of sp³-hybridized carbons (Fsp3) is 0.409. The summed E-state index contributed by atoms with van der Waals surface area (Å²) >= 11 is 0. The molecular weight excluding hydrogens is 340 g/mol. The molecule has 1 aromatic heterocycles. The SMILES string of the molecule is O=C(O)c1ccncc1CCC1CCCc2cc(N3CCCC3=O)ccc21. The summed E-state index contributed by atoms with van der Waals surface area (Å²) in [6.07, 6.45) is 9.74. The maximum atomic E-state index is 12.0. The zero-order valence-corrected chi connectivity index (χ0v) is 15.4. The highest BCUT2D eigenvalue weighted by Crippen LogP contribution is 2.37. The number of rotatable bonds is 5. The van der Waals surface area contributed by atoms with Crippen molar-refractivity contribution in [2.24, 2.45) is 0 Å². The van der Waals surface area contributed by atoms with E-state index in [1.807, 2.05) is 4.90 Å². The van der Waals surface area contributed by atoms with Crippen molar-refractivity contribution < 1.29 is 14.7 Å². The highest BCUT2D eigenvalue weighted by molar-refractivity contribution is 5.95. The first kappa shape index (κ1) is 17.7. The number of carboxylic acid groups (broad SMARTS) is 1. The maximum Gasteiger partial charge on any atom is 0.336 e. The highest BCUT2D eigenvalue weighted by atomic mass is 16.4. The molecule has 0 radical (unpaired) electrons. The van der Waals surface area contributed by atoms with Crippen LogP contribution in [0, 0.1) is 0 Å². The first-order valence-corrected chi connectivity index (χ1v) is 9.73. The van der Waals surface area contributed by atoms with Crippen molar-refractivity contribution in [2.75, 3.05) is 11.4 Å². The molecule has 0 bridgehead atoms. The van der Waals surface area contributed by atoms with Crippen molar-refractivity contribution in [2.45, 2.75) is 50.9 Å². The van der Waals surface area contributed by atoms with Gasteiger partial charge in [0.15, 0.2) is 0 Å². The number of aromatic carboxylic acids is 1. The van der Waals surface area contributed by atoms with E-state index in [2.05, 4.69) is 23.2 Å². The third-order valence-corrected chi connectivity index (χ3v) is 5.85. The van der Waals surface area contributed by atoms with E-state index >= 15 is 0 Å². The molecule has 1 aliphatic carbocycles. The van der Waals surface area contributed by atoms with E-state index < -0.39 is 5.97 Å². The largest absolute Gasteiger partial charge is 0.478 e. The molecule has 4 rings (SSSR count). The number of benzene rings is 1. The van der Waals surface area contributed by atoms with Gasteiger partial charge in [0.1, 0.15) is 0 Å². The number of fused-ring (bicyclic) bond motifs is 1. The molecule has 2 heterocycles. The van der Waals surface area contributed by atoms with Gasteiger partial charge in [-0.1, -0.05) is 6.07 Å². The monoisotopic (exact) mass is 364 g/mol. The van der Waals surface area contributed by atoms with Gasteiger partial charge in [0.2, 0.25) is 5.91 Å².